The first-order chi connectivity index (χ1) is 15.9. The Morgan fingerprint density at radius 3 is 2.42 bits per heavy atom. The van der Waals surface area contributed by atoms with Crippen LogP contribution in [-0.4, -0.2) is 21.2 Å². The largest absolute Gasteiger partial charge is 0.326 e. The molecule has 2 aromatic carbocycles. The molecule has 1 N–H and O–H groups in total. The highest BCUT2D eigenvalue weighted by Crippen LogP contribution is 2.30. The first kappa shape index (κ1) is 23.3. The number of aryl methyl sites for hydroxylation is 4. The van der Waals surface area contributed by atoms with E-state index in [0.29, 0.717) is 29.1 Å². The van der Waals surface area contributed by atoms with E-state index in [2.05, 4.69) is 5.32 Å². The van der Waals surface area contributed by atoms with Crippen molar-refractivity contribution in [1.82, 2.24) is 9.55 Å². The Hall–Kier alpha value is -2.90. The maximum Gasteiger partial charge on any atom is 0.267 e. The molecule has 33 heavy (non-hydrogen) atoms. The van der Waals surface area contributed by atoms with Crippen molar-refractivity contribution in [3.8, 4) is 5.69 Å². The van der Waals surface area contributed by atoms with Gasteiger partial charge in [0.15, 0.2) is 5.16 Å². The predicted octanol–water partition coefficient (Wildman–Crippen LogP) is 6.19. The van der Waals surface area contributed by atoms with Crippen LogP contribution in [0, 0.1) is 27.7 Å². The molecule has 0 fully saturated rings. The monoisotopic (exact) mass is 477 g/mol. The Labute approximate surface area is 201 Å². The molecule has 5 nitrogen and oxygen atoms in total. The maximum atomic E-state index is 13.4. The van der Waals surface area contributed by atoms with E-state index in [-0.39, 0.29) is 11.5 Å². The molecule has 0 unspecified atom stereocenters. The van der Waals surface area contributed by atoms with Crippen LogP contribution in [0.25, 0.3) is 15.9 Å². The second-order valence-corrected chi connectivity index (χ2v) is 10.4. The third-order valence-corrected chi connectivity index (χ3v) is 7.84. The number of benzene rings is 2. The van der Waals surface area contributed by atoms with Crippen molar-refractivity contribution < 1.29 is 4.79 Å². The molecule has 0 aliphatic heterocycles. The number of para-hydroxylation sites is 2. The molecule has 0 spiro atoms. The molecule has 0 aliphatic carbocycles. The van der Waals surface area contributed by atoms with Crippen molar-refractivity contribution >= 4 is 44.9 Å². The topological polar surface area (TPSA) is 64.0 Å². The van der Waals surface area contributed by atoms with E-state index >= 15 is 0 Å². The number of hydrogen-bond acceptors (Lipinski definition) is 5. The summed E-state index contributed by atoms with van der Waals surface area (Å²) < 4.78 is 1.70. The van der Waals surface area contributed by atoms with Crippen molar-refractivity contribution in [3.05, 3.63) is 80.5 Å². The molecular formula is C26H27N3O2S2. The highest BCUT2D eigenvalue weighted by molar-refractivity contribution is 7.99. The van der Waals surface area contributed by atoms with Crippen LogP contribution in [0.1, 0.15) is 34.4 Å². The minimum Gasteiger partial charge on any atom is -0.326 e. The summed E-state index contributed by atoms with van der Waals surface area (Å²) in [5.41, 5.74) is 4.77. The molecule has 2 aromatic heterocycles. The van der Waals surface area contributed by atoms with Crippen LogP contribution in [0.5, 0.6) is 0 Å². The number of nitrogens with zero attached hydrogens (tertiary/aromatic N) is 2. The van der Waals surface area contributed by atoms with Crippen LogP contribution in [0.2, 0.25) is 0 Å². The van der Waals surface area contributed by atoms with Gasteiger partial charge in [0, 0.05) is 22.7 Å². The van der Waals surface area contributed by atoms with E-state index in [1.165, 1.54) is 11.8 Å². The molecule has 4 aromatic rings. The van der Waals surface area contributed by atoms with E-state index in [4.69, 9.17) is 4.98 Å². The lowest BCUT2D eigenvalue weighted by Crippen LogP contribution is -2.21. The Balaban J connectivity index is 1.52. The van der Waals surface area contributed by atoms with Gasteiger partial charge in [-0.25, -0.2) is 4.98 Å². The number of thioether (sulfide) groups is 1. The number of aromatic nitrogens is 2. The van der Waals surface area contributed by atoms with Crippen LogP contribution >= 0.6 is 23.1 Å². The molecule has 0 atom stereocenters. The third kappa shape index (κ3) is 4.89. The number of hydrogen-bond donors (Lipinski definition) is 1. The summed E-state index contributed by atoms with van der Waals surface area (Å²) in [7, 11) is 0. The van der Waals surface area contributed by atoms with Gasteiger partial charge in [-0.15, -0.1) is 11.3 Å². The quantitative estimate of drug-likeness (QED) is 0.196. The number of anilines is 1. The zero-order valence-electron chi connectivity index (χ0n) is 19.3. The number of thiophene rings is 1. The highest BCUT2D eigenvalue weighted by Gasteiger charge is 2.18. The van der Waals surface area contributed by atoms with Crippen LogP contribution in [0.15, 0.2) is 58.5 Å². The molecule has 170 valence electrons. The molecule has 2 heterocycles. The zero-order valence-corrected chi connectivity index (χ0v) is 20.9. The van der Waals surface area contributed by atoms with Gasteiger partial charge >= 0.3 is 0 Å². The minimum atomic E-state index is -0.0386. The van der Waals surface area contributed by atoms with Gasteiger partial charge in [0.1, 0.15) is 4.83 Å². The van der Waals surface area contributed by atoms with Crippen molar-refractivity contribution in [2.45, 2.75) is 45.7 Å². The fraction of sp³-hybridized carbons (Fsp3) is 0.269. The summed E-state index contributed by atoms with van der Waals surface area (Å²) in [5.74, 6) is 0.690. The first-order valence-corrected chi connectivity index (χ1v) is 12.7. The average Bonchev–Trinajstić information content (AvgIpc) is 3.08. The smallest absolute Gasteiger partial charge is 0.267 e. The lowest BCUT2D eigenvalue weighted by molar-refractivity contribution is -0.116. The van der Waals surface area contributed by atoms with Crippen molar-refractivity contribution in [2.24, 2.45) is 0 Å². The summed E-state index contributed by atoms with van der Waals surface area (Å²) in [6.45, 7) is 8.00. The fourth-order valence-corrected chi connectivity index (χ4v) is 5.81. The molecule has 1 amide bonds. The first-order valence-electron chi connectivity index (χ1n) is 10.9. The number of carbonyl (C=O) groups excluding carboxylic acids is 1. The number of nitrogens with one attached hydrogen (secondary N) is 1. The molecule has 0 radical (unpaired) electrons. The second-order valence-electron chi connectivity index (χ2n) is 8.10. The summed E-state index contributed by atoms with van der Waals surface area (Å²) >= 11 is 3.08. The van der Waals surface area contributed by atoms with Gasteiger partial charge in [-0.2, -0.15) is 0 Å². The van der Waals surface area contributed by atoms with E-state index in [1.54, 1.807) is 15.9 Å². The van der Waals surface area contributed by atoms with Crippen molar-refractivity contribution in [3.63, 3.8) is 0 Å². The van der Waals surface area contributed by atoms with Gasteiger partial charge in [0.25, 0.3) is 5.56 Å². The van der Waals surface area contributed by atoms with Crippen LogP contribution in [0.3, 0.4) is 0 Å². The number of fused-ring (bicyclic) bond motifs is 1. The predicted molar refractivity (Wildman–Crippen MR) is 139 cm³/mol. The van der Waals surface area contributed by atoms with Gasteiger partial charge < -0.3 is 5.32 Å². The number of carbonyl (C=O) groups is 1. The number of amides is 1. The minimum absolute atomic E-state index is 0.00127. The Kier molecular flexibility index (Phi) is 7.00. The standard InChI is InChI=1S/C26H27N3O2S2/c1-16-10-8-11-17(2)23(16)27-21(30)14-9-15-32-26-28-24-22(18(3)19(4)33-24)25(31)29(26)20-12-6-5-7-13-20/h5-8,10-13H,9,14-15H2,1-4H3,(H,27,30). The summed E-state index contributed by atoms with van der Waals surface area (Å²) in [5, 5.41) is 4.39. The van der Waals surface area contributed by atoms with Gasteiger partial charge in [-0.05, 0) is 62.9 Å². The maximum absolute atomic E-state index is 13.4. The van der Waals surface area contributed by atoms with E-state index < -0.39 is 0 Å². The van der Waals surface area contributed by atoms with Gasteiger partial charge in [0.2, 0.25) is 5.91 Å². The van der Waals surface area contributed by atoms with E-state index in [9.17, 15) is 9.59 Å². The molecule has 0 saturated carbocycles. The van der Waals surface area contributed by atoms with E-state index in [0.717, 1.165) is 37.8 Å². The Morgan fingerprint density at radius 2 is 1.73 bits per heavy atom. The molecule has 0 bridgehead atoms. The lowest BCUT2D eigenvalue weighted by atomic mass is 10.1. The Bertz CT molecular complexity index is 1350. The van der Waals surface area contributed by atoms with Gasteiger partial charge in [0.05, 0.1) is 11.1 Å². The van der Waals surface area contributed by atoms with Crippen molar-refractivity contribution in [1.29, 1.82) is 0 Å². The normalized spacial score (nSPS) is 11.2. The molecule has 7 heteroatoms. The van der Waals surface area contributed by atoms with Crippen LogP contribution < -0.4 is 10.9 Å². The second kappa shape index (κ2) is 9.93. The fourth-order valence-electron chi connectivity index (χ4n) is 3.79. The summed E-state index contributed by atoms with van der Waals surface area (Å²) in [4.78, 5) is 32.7. The lowest BCUT2D eigenvalue weighted by Gasteiger charge is -2.13. The molecule has 0 aliphatic rings. The molecular weight excluding hydrogens is 450 g/mol. The number of rotatable bonds is 7. The van der Waals surface area contributed by atoms with Crippen LogP contribution in [-0.2, 0) is 4.79 Å². The third-order valence-electron chi connectivity index (χ3n) is 5.71. The summed E-state index contributed by atoms with van der Waals surface area (Å²) in [6, 6.07) is 15.6. The average molecular weight is 478 g/mol. The van der Waals surface area contributed by atoms with Gasteiger partial charge in [-0.1, -0.05) is 48.2 Å². The van der Waals surface area contributed by atoms with E-state index in [1.807, 2.05) is 76.2 Å². The van der Waals surface area contributed by atoms with Crippen molar-refractivity contribution in [2.75, 3.05) is 11.1 Å². The van der Waals surface area contributed by atoms with Crippen LogP contribution in [0.4, 0.5) is 5.69 Å². The Morgan fingerprint density at radius 1 is 1.03 bits per heavy atom. The zero-order chi connectivity index (χ0) is 23.5. The molecule has 4 rings (SSSR count). The summed E-state index contributed by atoms with van der Waals surface area (Å²) in [6.07, 6.45) is 1.10. The highest BCUT2D eigenvalue weighted by atomic mass is 32.2. The SMILES string of the molecule is Cc1cccc(C)c1NC(=O)CCCSc1nc2sc(C)c(C)c2c(=O)n1-c1ccccc1. The van der Waals surface area contributed by atoms with Gasteiger partial charge in [-0.3, -0.25) is 14.2 Å². The molecule has 0 saturated heterocycles.